The highest BCUT2D eigenvalue weighted by molar-refractivity contribution is 7.90. The van der Waals surface area contributed by atoms with Crippen LogP contribution in [0.2, 0.25) is 0 Å². The third-order valence-electron chi connectivity index (χ3n) is 11.4. The molecule has 1 N–H and O–H groups in total. The number of nitrogens with one attached hydrogen (secondary N) is 1. The minimum absolute atomic E-state index is 0.0138. The lowest BCUT2D eigenvalue weighted by Gasteiger charge is -2.45. The summed E-state index contributed by atoms with van der Waals surface area (Å²) in [6.45, 7) is 6.30. The van der Waals surface area contributed by atoms with Gasteiger partial charge in [-0.2, -0.15) is 0 Å². The van der Waals surface area contributed by atoms with Crippen LogP contribution in [0.15, 0.2) is 83.8 Å². The molecule has 10 heteroatoms. The van der Waals surface area contributed by atoms with Crippen molar-refractivity contribution in [3.05, 3.63) is 95.8 Å². The Labute approximate surface area is 289 Å². The third-order valence-corrected chi connectivity index (χ3v) is 12.8. The summed E-state index contributed by atoms with van der Waals surface area (Å²) in [5.41, 5.74) is 4.12. The molecule has 3 aromatic carbocycles. The largest absolute Gasteiger partial charge is 0.339 e. The Bertz CT molecular complexity index is 1900. The van der Waals surface area contributed by atoms with E-state index in [0.29, 0.717) is 43.2 Å². The van der Waals surface area contributed by atoms with Crippen LogP contribution in [-0.2, 0) is 20.2 Å². The summed E-state index contributed by atoms with van der Waals surface area (Å²) in [7, 11) is -3.97. The van der Waals surface area contributed by atoms with Crippen molar-refractivity contribution in [3.63, 3.8) is 0 Å². The lowest BCUT2D eigenvalue weighted by atomic mass is 9.70. The zero-order valence-electron chi connectivity index (χ0n) is 28.6. The minimum atomic E-state index is -3.97. The van der Waals surface area contributed by atoms with Crippen LogP contribution in [0.4, 0.5) is 0 Å². The topological polar surface area (TPSA) is 105 Å². The molecule has 9 nitrogen and oxygen atoms in total. The number of aryl methyl sites for hydroxylation is 1. The van der Waals surface area contributed by atoms with Crippen molar-refractivity contribution in [2.75, 3.05) is 19.6 Å². The van der Waals surface area contributed by atoms with Crippen LogP contribution in [0.5, 0.6) is 0 Å². The van der Waals surface area contributed by atoms with Gasteiger partial charge in [-0.3, -0.25) is 14.5 Å². The molecule has 0 saturated carbocycles. The lowest BCUT2D eigenvalue weighted by molar-refractivity contribution is -0.119. The maximum absolute atomic E-state index is 13.6. The fraction of sp³-hybridized carbons (Fsp3) is 0.462. The molecule has 3 aliphatic heterocycles. The molecule has 2 amide bonds. The molecule has 2 bridgehead atoms. The van der Waals surface area contributed by atoms with E-state index in [-0.39, 0.29) is 22.6 Å². The van der Waals surface area contributed by atoms with Crippen molar-refractivity contribution >= 4 is 32.9 Å². The number of para-hydroxylation sites is 2. The second kappa shape index (κ2) is 13.7. The van der Waals surface area contributed by atoms with Crippen molar-refractivity contribution in [1.82, 2.24) is 24.1 Å². The van der Waals surface area contributed by atoms with E-state index in [1.54, 1.807) is 12.1 Å². The van der Waals surface area contributed by atoms with Gasteiger partial charge in [-0.25, -0.2) is 18.1 Å². The van der Waals surface area contributed by atoms with E-state index in [4.69, 9.17) is 4.98 Å². The molecule has 0 radical (unpaired) electrons. The molecular formula is C39H47N5O4S. The molecule has 7 rings (SSSR count). The first-order chi connectivity index (χ1) is 23.7. The molecule has 4 heterocycles. The molecule has 0 spiro atoms. The number of fused-ring (bicyclic) bond motifs is 3. The summed E-state index contributed by atoms with van der Waals surface area (Å²) < 4.78 is 29.8. The quantitative estimate of drug-likeness (QED) is 0.208. The summed E-state index contributed by atoms with van der Waals surface area (Å²) >= 11 is 0. The lowest BCUT2D eigenvalue weighted by Crippen LogP contribution is -2.49. The summed E-state index contributed by atoms with van der Waals surface area (Å²) in [5, 5.41) is 0. The van der Waals surface area contributed by atoms with E-state index in [0.717, 1.165) is 50.0 Å². The molecule has 1 aromatic heterocycles. The average molecular weight is 682 g/mol. The van der Waals surface area contributed by atoms with Gasteiger partial charge in [0.25, 0.3) is 15.9 Å². The number of nitrogens with zero attached hydrogens (tertiary/aromatic N) is 4. The van der Waals surface area contributed by atoms with Gasteiger partial charge in [0.15, 0.2) is 0 Å². The Balaban J connectivity index is 1.02. The molecule has 258 valence electrons. The predicted molar refractivity (Wildman–Crippen MR) is 191 cm³/mol. The summed E-state index contributed by atoms with van der Waals surface area (Å²) in [6.07, 6.45) is 8.32. The Morgan fingerprint density at radius 1 is 0.878 bits per heavy atom. The second-order valence-electron chi connectivity index (χ2n) is 14.3. The van der Waals surface area contributed by atoms with Crippen LogP contribution in [0.25, 0.3) is 11.0 Å². The predicted octanol–water partition coefficient (Wildman–Crippen LogP) is 6.38. The summed E-state index contributed by atoms with van der Waals surface area (Å²) in [5.74, 6) is 0.483. The Morgan fingerprint density at radius 2 is 1.53 bits per heavy atom. The van der Waals surface area contributed by atoms with E-state index in [1.807, 2.05) is 11.8 Å². The van der Waals surface area contributed by atoms with Crippen LogP contribution in [0, 0.1) is 6.92 Å². The number of benzene rings is 3. The smallest absolute Gasteiger partial charge is 0.264 e. The summed E-state index contributed by atoms with van der Waals surface area (Å²) in [6, 6.07) is 26.9. The Kier molecular flexibility index (Phi) is 9.37. The zero-order valence-corrected chi connectivity index (χ0v) is 29.4. The zero-order chi connectivity index (χ0) is 34.2. The van der Waals surface area contributed by atoms with Gasteiger partial charge >= 0.3 is 0 Å². The molecule has 49 heavy (non-hydrogen) atoms. The monoisotopic (exact) mass is 681 g/mol. The molecule has 2 unspecified atom stereocenters. The van der Waals surface area contributed by atoms with Crippen LogP contribution < -0.4 is 4.72 Å². The molecule has 3 aliphatic rings. The van der Waals surface area contributed by atoms with Gasteiger partial charge in [-0.05, 0) is 112 Å². The number of aromatic nitrogens is 2. The molecule has 4 aromatic rings. The number of carbonyl (C=O) groups is 2. The molecular weight excluding hydrogens is 635 g/mol. The van der Waals surface area contributed by atoms with Gasteiger partial charge in [0.1, 0.15) is 5.82 Å². The highest BCUT2D eigenvalue weighted by Gasteiger charge is 2.44. The molecule has 0 aliphatic carbocycles. The second-order valence-corrected chi connectivity index (χ2v) is 15.9. The van der Waals surface area contributed by atoms with Crippen LogP contribution >= 0.6 is 0 Å². The number of hydrogen-bond acceptors (Lipinski definition) is 6. The van der Waals surface area contributed by atoms with Gasteiger partial charge in [-0.15, -0.1) is 0 Å². The van der Waals surface area contributed by atoms with E-state index in [2.05, 4.69) is 75.7 Å². The Morgan fingerprint density at radius 3 is 2.20 bits per heavy atom. The first kappa shape index (κ1) is 33.5. The maximum atomic E-state index is 13.6. The average Bonchev–Trinajstić information content (AvgIpc) is 3.57. The number of rotatable bonds is 10. The van der Waals surface area contributed by atoms with Gasteiger partial charge in [-0.1, -0.05) is 49.4 Å². The standard InChI is InChI=1S/C39H47N5O4S/c1-3-9-37(45)41-49(47,48)34-18-14-29(15-19-34)38(46)42-23-20-39(21-24-42,30-10-5-4-6-11-30)22-25-43-31-16-17-32(43)27-33(26-31)44-28(2)40-35-12-7-8-13-36(35)44/h4-8,10-15,18-19,31-33H,3,9,16-17,20-27H2,1-2H3,(H,41,45). The van der Waals surface area contributed by atoms with E-state index in [1.165, 1.54) is 36.1 Å². The van der Waals surface area contributed by atoms with Crippen LogP contribution in [0.1, 0.15) is 92.5 Å². The van der Waals surface area contributed by atoms with Crippen LogP contribution in [0.3, 0.4) is 0 Å². The number of likely N-dealkylation sites (tertiary alicyclic amines) is 1. The van der Waals surface area contributed by atoms with Gasteiger partial charge < -0.3 is 9.47 Å². The van der Waals surface area contributed by atoms with E-state index in [9.17, 15) is 18.0 Å². The molecule has 3 saturated heterocycles. The van der Waals surface area contributed by atoms with Gasteiger partial charge in [0.05, 0.1) is 15.9 Å². The SMILES string of the molecule is CCCC(=O)NS(=O)(=O)c1ccc(C(=O)N2CCC(CCN3C4CCC3CC(n3c(C)nc5ccccc53)C4)(c3ccccc3)CC2)cc1. The van der Waals surface area contributed by atoms with Crippen molar-refractivity contribution in [3.8, 4) is 0 Å². The Hall–Kier alpha value is -4.02. The highest BCUT2D eigenvalue weighted by atomic mass is 32.2. The molecule has 3 fully saturated rings. The molecule has 2 atom stereocenters. The number of hydrogen-bond donors (Lipinski definition) is 1. The van der Waals surface area contributed by atoms with Gasteiger partial charge in [0, 0.05) is 43.2 Å². The first-order valence-corrected chi connectivity index (χ1v) is 19.4. The number of imidazole rings is 1. The number of sulfonamides is 1. The third kappa shape index (κ3) is 6.65. The van der Waals surface area contributed by atoms with Crippen LogP contribution in [-0.4, -0.2) is 71.3 Å². The van der Waals surface area contributed by atoms with Crippen molar-refractivity contribution in [1.29, 1.82) is 0 Å². The van der Waals surface area contributed by atoms with E-state index < -0.39 is 15.9 Å². The first-order valence-electron chi connectivity index (χ1n) is 17.9. The van der Waals surface area contributed by atoms with Gasteiger partial charge in [0.2, 0.25) is 5.91 Å². The maximum Gasteiger partial charge on any atom is 0.264 e. The summed E-state index contributed by atoms with van der Waals surface area (Å²) in [4.78, 5) is 35.0. The highest BCUT2D eigenvalue weighted by Crippen LogP contribution is 2.45. The fourth-order valence-corrected chi connectivity index (χ4v) is 9.86. The number of piperidine rings is 2. The normalized spacial score (nSPS) is 22.3. The number of carbonyl (C=O) groups excluding carboxylic acids is 2. The number of amides is 2. The fourth-order valence-electron chi connectivity index (χ4n) is 8.85. The van der Waals surface area contributed by atoms with E-state index >= 15 is 0 Å². The minimum Gasteiger partial charge on any atom is -0.339 e. The van der Waals surface area contributed by atoms with Crippen molar-refractivity contribution in [2.45, 2.75) is 100 Å². The van der Waals surface area contributed by atoms with Crippen molar-refractivity contribution in [2.24, 2.45) is 0 Å². The van der Waals surface area contributed by atoms with Crippen molar-refractivity contribution < 1.29 is 18.0 Å².